The number of rotatable bonds is 6. The fourth-order valence-corrected chi connectivity index (χ4v) is 4.29. The molecule has 0 radical (unpaired) electrons. The van der Waals surface area contributed by atoms with E-state index in [1.54, 1.807) is 0 Å². The summed E-state index contributed by atoms with van der Waals surface area (Å²) in [5.74, 6) is 0.490. The molecule has 5 atom stereocenters. The lowest BCUT2D eigenvalue weighted by Crippen LogP contribution is -2.49. The van der Waals surface area contributed by atoms with E-state index in [0.29, 0.717) is 11.5 Å². The summed E-state index contributed by atoms with van der Waals surface area (Å²) in [4.78, 5) is 40.0. The number of nitrogens with two attached hydrogens (primary N) is 1. The van der Waals surface area contributed by atoms with Gasteiger partial charge in [0.25, 0.3) is 0 Å². The van der Waals surface area contributed by atoms with Crippen LogP contribution < -0.4 is 5.73 Å². The highest BCUT2D eigenvalue weighted by Gasteiger charge is 2.49. The highest BCUT2D eigenvalue weighted by Crippen LogP contribution is 2.57. The molecule has 0 bridgehead atoms. The Morgan fingerprint density at radius 2 is 1.89 bits per heavy atom. The van der Waals surface area contributed by atoms with E-state index in [1.165, 1.54) is 4.90 Å². The number of phosphoric ester groups is 1. The zero-order chi connectivity index (χ0) is 20.0. The van der Waals surface area contributed by atoms with Gasteiger partial charge in [-0.2, -0.15) is 4.31 Å². The summed E-state index contributed by atoms with van der Waals surface area (Å²) >= 11 is 0. The number of aliphatic imine (C=N–C) groups is 3. The van der Waals surface area contributed by atoms with Crippen LogP contribution in [0.15, 0.2) is 15.0 Å². The molecule has 3 heterocycles. The Labute approximate surface area is 151 Å². The monoisotopic (exact) mass is 429 g/mol. The molecule has 1 unspecified atom stereocenters. The number of hydrogen-bond acceptors (Lipinski definition) is 12. The molecule has 0 aromatic rings. The normalized spacial score (nSPS) is 33.2. The van der Waals surface area contributed by atoms with Gasteiger partial charge >= 0.3 is 15.6 Å². The van der Waals surface area contributed by atoms with Crippen LogP contribution in [-0.4, -0.2) is 91.7 Å². The van der Waals surface area contributed by atoms with Crippen molar-refractivity contribution < 1.29 is 47.6 Å². The number of hydrogen-bond donors (Lipinski definition) is 6. The maximum absolute atomic E-state index is 11.5. The Hall–Kier alpha value is -1.25. The van der Waals surface area contributed by atoms with Crippen molar-refractivity contribution in [1.82, 2.24) is 4.90 Å². The molecule has 152 valence electrons. The summed E-state index contributed by atoms with van der Waals surface area (Å²) in [5, 5.41) is 20.3. The summed E-state index contributed by atoms with van der Waals surface area (Å²) in [5.41, 5.74) is 6.04. The first-order valence-corrected chi connectivity index (χ1v) is 10.4. The van der Waals surface area contributed by atoms with Gasteiger partial charge in [-0.05, 0) is 0 Å². The number of aliphatic hydroxyl groups excluding tert-OH is 2. The number of fused-ring (bicyclic) bond motifs is 1. The fourth-order valence-electron chi connectivity index (χ4n) is 2.69. The van der Waals surface area contributed by atoms with Gasteiger partial charge in [-0.3, -0.25) is 9.52 Å². The molecular formula is C10H17N5O10P2. The van der Waals surface area contributed by atoms with Gasteiger partial charge in [0.15, 0.2) is 12.1 Å². The van der Waals surface area contributed by atoms with Crippen molar-refractivity contribution in [3.63, 3.8) is 0 Å². The van der Waals surface area contributed by atoms with Crippen molar-refractivity contribution in [1.29, 1.82) is 0 Å². The fraction of sp³-hybridized carbons (Fsp3) is 0.700. The maximum atomic E-state index is 11.5. The molecule has 0 amide bonds. The molecule has 17 heteroatoms. The molecule has 3 aliphatic rings. The number of phosphoric acid groups is 2. The van der Waals surface area contributed by atoms with E-state index in [-0.39, 0.29) is 19.2 Å². The Morgan fingerprint density at radius 1 is 1.19 bits per heavy atom. The van der Waals surface area contributed by atoms with Crippen molar-refractivity contribution in [2.24, 2.45) is 20.7 Å². The van der Waals surface area contributed by atoms with Crippen LogP contribution in [0.2, 0.25) is 0 Å². The quantitative estimate of drug-likeness (QED) is 0.234. The lowest BCUT2D eigenvalue weighted by molar-refractivity contribution is -0.0681. The van der Waals surface area contributed by atoms with Gasteiger partial charge in [-0.25, -0.2) is 19.1 Å². The SMILES string of the molecule is NC1=NCN=C2C1=NCN2[C@@H]1O[C@H](COP(=O)(O)OP(=O)(O)O)[C@@H](O)[C@H]1O. The molecule has 3 rings (SSSR count). The van der Waals surface area contributed by atoms with E-state index in [0.717, 1.165) is 0 Å². The Kier molecular flexibility index (Phi) is 5.53. The average molecular weight is 429 g/mol. The molecule has 0 spiro atoms. The van der Waals surface area contributed by atoms with Crippen LogP contribution in [0.25, 0.3) is 0 Å². The zero-order valence-electron chi connectivity index (χ0n) is 13.5. The van der Waals surface area contributed by atoms with Crippen molar-refractivity contribution in [2.75, 3.05) is 19.9 Å². The molecule has 1 fully saturated rings. The third-order valence-electron chi connectivity index (χ3n) is 3.83. The molecule has 0 aliphatic carbocycles. The number of nitrogens with zero attached hydrogens (tertiary/aromatic N) is 4. The van der Waals surface area contributed by atoms with Crippen molar-refractivity contribution in [3.8, 4) is 0 Å². The highest BCUT2D eigenvalue weighted by molar-refractivity contribution is 7.60. The molecule has 0 aromatic carbocycles. The van der Waals surface area contributed by atoms with Crippen molar-refractivity contribution in [2.45, 2.75) is 24.5 Å². The number of ether oxygens (including phenoxy) is 1. The van der Waals surface area contributed by atoms with Crippen LogP contribution in [0.4, 0.5) is 0 Å². The summed E-state index contributed by atoms with van der Waals surface area (Å²) < 4.78 is 35.6. The lowest BCUT2D eigenvalue weighted by Gasteiger charge is -2.28. The first kappa shape index (κ1) is 20.5. The summed E-state index contributed by atoms with van der Waals surface area (Å²) in [7, 11) is -10.4. The predicted molar refractivity (Wildman–Crippen MR) is 87.6 cm³/mol. The molecular weight excluding hydrogens is 412 g/mol. The van der Waals surface area contributed by atoms with Gasteiger partial charge in [-0.1, -0.05) is 0 Å². The van der Waals surface area contributed by atoms with Gasteiger partial charge in [0.05, 0.1) is 6.61 Å². The maximum Gasteiger partial charge on any atom is 0.481 e. The topological polar surface area (TPSA) is 229 Å². The second-order valence-corrected chi connectivity index (χ2v) is 8.50. The van der Waals surface area contributed by atoms with Crippen molar-refractivity contribution >= 4 is 33.0 Å². The van der Waals surface area contributed by atoms with E-state index in [2.05, 4.69) is 23.8 Å². The van der Waals surface area contributed by atoms with Gasteiger partial charge < -0.3 is 40.3 Å². The smallest absolute Gasteiger partial charge is 0.387 e. The Balaban J connectivity index is 1.64. The lowest BCUT2D eigenvalue weighted by atomic mass is 10.1. The molecule has 0 aromatic heterocycles. The number of aliphatic hydroxyl groups is 2. The first-order valence-electron chi connectivity index (χ1n) is 7.40. The van der Waals surface area contributed by atoms with E-state index >= 15 is 0 Å². The second kappa shape index (κ2) is 7.29. The molecule has 1 saturated heterocycles. The van der Waals surface area contributed by atoms with Crippen LogP contribution >= 0.6 is 15.6 Å². The van der Waals surface area contributed by atoms with Gasteiger partial charge in [0.1, 0.15) is 43.2 Å². The summed E-state index contributed by atoms with van der Waals surface area (Å²) in [6.07, 6.45) is -5.42. The van der Waals surface area contributed by atoms with E-state index < -0.39 is 46.8 Å². The third kappa shape index (κ3) is 4.43. The Morgan fingerprint density at radius 3 is 2.56 bits per heavy atom. The van der Waals surface area contributed by atoms with Crippen molar-refractivity contribution in [3.05, 3.63) is 0 Å². The highest BCUT2D eigenvalue weighted by atomic mass is 31.3. The average Bonchev–Trinajstić information content (AvgIpc) is 3.07. The minimum atomic E-state index is -5.28. The predicted octanol–water partition coefficient (Wildman–Crippen LogP) is -2.90. The summed E-state index contributed by atoms with van der Waals surface area (Å²) in [6, 6.07) is 0. The van der Waals surface area contributed by atoms with E-state index in [1.807, 2.05) is 0 Å². The first-order chi connectivity index (χ1) is 12.5. The molecule has 0 saturated carbocycles. The second-order valence-electron chi connectivity index (χ2n) is 5.67. The largest absolute Gasteiger partial charge is 0.481 e. The number of amidine groups is 2. The minimum Gasteiger partial charge on any atom is -0.387 e. The van der Waals surface area contributed by atoms with Gasteiger partial charge in [-0.15, -0.1) is 0 Å². The molecule has 27 heavy (non-hydrogen) atoms. The van der Waals surface area contributed by atoms with E-state index in [9.17, 15) is 24.2 Å². The van der Waals surface area contributed by atoms with Crippen LogP contribution in [0.5, 0.6) is 0 Å². The van der Waals surface area contributed by atoms with Crippen LogP contribution in [0, 0.1) is 0 Å². The van der Waals surface area contributed by atoms with Gasteiger partial charge in [0.2, 0.25) is 0 Å². The zero-order valence-corrected chi connectivity index (χ0v) is 15.3. The van der Waals surface area contributed by atoms with Crippen LogP contribution in [0.1, 0.15) is 0 Å². The summed E-state index contributed by atoms with van der Waals surface area (Å²) in [6.45, 7) is -0.714. The Bertz CT molecular complexity index is 795. The standard InChI is InChI=1S/C10H17N5O10P2/c11-8-5-9(13-2-12-8)15(3-14-5)10-7(17)6(16)4(24-10)1-23-27(21,22)25-26(18,19)20/h4,6-7,10,16-17H,1-3H2,(H2,11,12)(H,21,22)(H2,18,19,20)/t4-,6-,7-,10-/m1/s1. The third-order valence-corrected chi connectivity index (χ3v) is 5.98. The minimum absolute atomic E-state index is 0.0201. The van der Waals surface area contributed by atoms with Crippen LogP contribution in [0.3, 0.4) is 0 Å². The van der Waals surface area contributed by atoms with E-state index in [4.69, 9.17) is 20.3 Å². The van der Waals surface area contributed by atoms with Crippen LogP contribution in [-0.2, 0) is 22.7 Å². The van der Waals surface area contributed by atoms with Gasteiger partial charge in [0, 0.05) is 0 Å². The molecule has 3 aliphatic heterocycles. The molecule has 7 N–H and O–H groups in total. The molecule has 15 nitrogen and oxygen atoms in total.